The smallest absolute Gasteiger partial charge is 0.258 e. The first-order valence-electron chi connectivity index (χ1n) is 9.60. The molecule has 0 aliphatic heterocycles. The highest BCUT2D eigenvalue weighted by atomic mass is 32.2. The molecule has 0 spiro atoms. The van der Waals surface area contributed by atoms with Crippen LogP contribution in [-0.4, -0.2) is 41.6 Å². The summed E-state index contributed by atoms with van der Waals surface area (Å²) in [6.07, 6.45) is 0. The third kappa shape index (κ3) is 5.91. The monoisotopic (exact) mass is 440 g/mol. The van der Waals surface area contributed by atoms with E-state index in [4.69, 9.17) is 9.47 Å². The van der Waals surface area contributed by atoms with E-state index < -0.39 is 10.0 Å². The van der Waals surface area contributed by atoms with Gasteiger partial charge in [0.2, 0.25) is 10.0 Å². The normalized spacial score (nSPS) is 11.2. The number of amides is 1. The van der Waals surface area contributed by atoms with E-state index in [-0.39, 0.29) is 24.0 Å². The molecule has 1 N–H and O–H groups in total. The van der Waals surface area contributed by atoms with Crippen molar-refractivity contribution in [3.05, 3.63) is 84.4 Å². The van der Waals surface area contributed by atoms with E-state index in [9.17, 15) is 13.2 Å². The summed E-state index contributed by atoms with van der Waals surface area (Å²) in [5, 5.41) is 0. The average Bonchev–Trinajstić information content (AvgIpc) is 2.79. The van der Waals surface area contributed by atoms with Gasteiger partial charge in [-0.1, -0.05) is 18.2 Å². The van der Waals surface area contributed by atoms with Crippen LogP contribution in [0.1, 0.15) is 10.4 Å². The molecule has 0 radical (unpaired) electrons. The Balaban J connectivity index is 1.66. The molecule has 31 heavy (non-hydrogen) atoms. The van der Waals surface area contributed by atoms with Crippen LogP contribution >= 0.6 is 0 Å². The van der Waals surface area contributed by atoms with Crippen LogP contribution in [0.2, 0.25) is 0 Å². The minimum atomic E-state index is -3.65. The number of hydrogen-bond donors (Lipinski definition) is 1. The van der Waals surface area contributed by atoms with Gasteiger partial charge < -0.3 is 14.4 Å². The van der Waals surface area contributed by atoms with E-state index in [2.05, 4.69) is 4.72 Å². The molecular formula is C23H24N2O5S. The molecule has 3 aromatic rings. The average molecular weight is 441 g/mol. The van der Waals surface area contributed by atoms with Gasteiger partial charge in [-0.3, -0.25) is 4.79 Å². The second-order valence-electron chi connectivity index (χ2n) is 6.69. The number of para-hydroxylation sites is 1. The largest absolute Gasteiger partial charge is 0.457 e. The van der Waals surface area contributed by atoms with Crippen molar-refractivity contribution >= 4 is 21.6 Å². The van der Waals surface area contributed by atoms with Gasteiger partial charge in [0.05, 0.1) is 11.5 Å². The Kier molecular flexibility index (Phi) is 7.41. The lowest BCUT2D eigenvalue weighted by Crippen LogP contribution is -2.28. The molecular weight excluding hydrogens is 416 g/mol. The summed E-state index contributed by atoms with van der Waals surface area (Å²) < 4.78 is 37.5. The predicted molar refractivity (Wildman–Crippen MR) is 119 cm³/mol. The number of carbonyl (C=O) groups is 1. The molecule has 0 bridgehead atoms. The molecule has 1 amide bonds. The number of nitrogens with one attached hydrogen (secondary N) is 1. The summed E-state index contributed by atoms with van der Waals surface area (Å²) in [6.45, 7) is 0.446. The summed E-state index contributed by atoms with van der Waals surface area (Å²) in [4.78, 5) is 14.4. The van der Waals surface area contributed by atoms with Gasteiger partial charge in [0.1, 0.15) is 11.5 Å². The van der Waals surface area contributed by atoms with Crippen molar-refractivity contribution in [1.29, 1.82) is 0 Å². The fourth-order valence-electron chi connectivity index (χ4n) is 2.81. The number of rotatable bonds is 9. The summed E-state index contributed by atoms with van der Waals surface area (Å²) in [6, 6.07) is 22.4. The summed E-state index contributed by atoms with van der Waals surface area (Å²) in [5.41, 5.74) is 1.06. The summed E-state index contributed by atoms with van der Waals surface area (Å²) in [5.74, 6) is 1.13. The first-order valence-corrected chi connectivity index (χ1v) is 11.1. The van der Waals surface area contributed by atoms with Gasteiger partial charge in [0.15, 0.2) is 0 Å². The standard InChI is InChI=1S/C23H24N2O5S/c1-25(19-10-12-21(13-11-19)30-20-6-4-3-5-7-20)23(26)18-8-14-22(15-9-18)31(27,28)24-16-17-29-2/h3-15,24H,16-17H2,1-2H3. The SMILES string of the molecule is COCCNS(=O)(=O)c1ccc(C(=O)N(C)c2ccc(Oc3ccccc3)cc2)cc1. The van der Waals surface area contributed by atoms with E-state index in [1.54, 1.807) is 31.3 Å². The molecule has 0 saturated carbocycles. The topological polar surface area (TPSA) is 84.9 Å². The Morgan fingerprint density at radius 1 is 0.903 bits per heavy atom. The molecule has 162 valence electrons. The number of anilines is 1. The molecule has 0 fully saturated rings. The lowest BCUT2D eigenvalue weighted by atomic mass is 10.2. The molecule has 3 rings (SSSR count). The molecule has 7 nitrogen and oxygen atoms in total. The zero-order chi connectivity index (χ0) is 22.3. The molecule has 3 aromatic carbocycles. The number of carbonyl (C=O) groups excluding carboxylic acids is 1. The lowest BCUT2D eigenvalue weighted by Gasteiger charge is -2.18. The van der Waals surface area contributed by atoms with Crippen LogP contribution in [0.5, 0.6) is 11.5 Å². The highest BCUT2D eigenvalue weighted by Crippen LogP contribution is 2.24. The predicted octanol–water partition coefficient (Wildman–Crippen LogP) is 3.68. The van der Waals surface area contributed by atoms with Gasteiger partial charge in [-0.25, -0.2) is 13.1 Å². The second kappa shape index (κ2) is 10.2. The summed E-state index contributed by atoms with van der Waals surface area (Å²) >= 11 is 0. The molecule has 8 heteroatoms. The molecule has 0 unspecified atom stereocenters. The number of benzene rings is 3. The third-order valence-corrected chi connectivity index (χ3v) is 5.99. The molecule has 0 aromatic heterocycles. The van der Waals surface area contributed by atoms with Crippen molar-refractivity contribution in [3.63, 3.8) is 0 Å². The first kappa shape index (κ1) is 22.5. The third-order valence-electron chi connectivity index (χ3n) is 4.52. The van der Waals surface area contributed by atoms with Crippen LogP contribution in [-0.2, 0) is 14.8 Å². The number of ether oxygens (including phenoxy) is 2. The van der Waals surface area contributed by atoms with Crippen LogP contribution in [0.15, 0.2) is 83.8 Å². The second-order valence-corrected chi connectivity index (χ2v) is 8.46. The van der Waals surface area contributed by atoms with Gasteiger partial charge in [-0.2, -0.15) is 0 Å². The Morgan fingerprint density at radius 2 is 1.52 bits per heavy atom. The van der Waals surface area contributed by atoms with E-state index in [0.29, 0.717) is 17.0 Å². The van der Waals surface area contributed by atoms with Crippen molar-refractivity contribution in [2.75, 3.05) is 32.2 Å². The van der Waals surface area contributed by atoms with E-state index in [1.165, 1.54) is 36.3 Å². The Hall–Kier alpha value is -3.20. The van der Waals surface area contributed by atoms with Crippen molar-refractivity contribution in [3.8, 4) is 11.5 Å². The van der Waals surface area contributed by atoms with Crippen molar-refractivity contribution < 1.29 is 22.7 Å². The number of methoxy groups -OCH3 is 1. The van der Waals surface area contributed by atoms with Gasteiger partial charge in [0, 0.05) is 32.0 Å². The van der Waals surface area contributed by atoms with Crippen LogP contribution in [0.4, 0.5) is 5.69 Å². The van der Waals surface area contributed by atoms with Crippen molar-refractivity contribution in [1.82, 2.24) is 4.72 Å². The Morgan fingerprint density at radius 3 is 2.13 bits per heavy atom. The van der Waals surface area contributed by atoms with Crippen molar-refractivity contribution in [2.45, 2.75) is 4.90 Å². The number of hydrogen-bond acceptors (Lipinski definition) is 5. The number of nitrogens with zero attached hydrogens (tertiary/aromatic N) is 1. The van der Waals surface area contributed by atoms with Crippen LogP contribution < -0.4 is 14.4 Å². The fraction of sp³-hybridized carbons (Fsp3) is 0.174. The Labute approximate surface area is 182 Å². The highest BCUT2D eigenvalue weighted by molar-refractivity contribution is 7.89. The maximum Gasteiger partial charge on any atom is 0.258 e. The maximum atomic E-state index is 12.8. The van der Waals surface area contributed by atoms with E-state index in [1.807, 2.05) is 30.3 Å². The van der Waals surface area contributed by atoms with Gasteiger partial charge in [-0.05, 0) is 60.7 Å². The van der Waals surface area contributed by atoms with Crippen LogP contribution in [0.3, 0.4) is 0 Å². The van der Waals surface area contributed by atoms with Gasteiger partial charge >= 0.3 is 0 Å². The quantitative estimate of drug-likeness (QED) is 0.513. The van der Waals surface area contributed by atoms with Crippen LogP contribution in [0, 0.1) is 0 Å². The Bertz CT molecular complexity index is 1100. The van der Waals surface area contributed by atoms with E-state index in [0.717, 1.165) is 5.75 Å². The molecule has 0 aliphatic rings. The first-order chi connectivity index (χ1) is 14.9. The molecule has 0 atom stereocenters. The molecule has 0 heterocycles. The fourth-order valence-corrected chi connectivity index (χ4v) is 3.82. The minimum absolute atomic E-state index is 0.0882. The van der Waals surface area contributed by atoms with E-state index >= 15 is 0 Å². The molecule has 0 saturated heterocycles. The highest BCUT2D eigenvalue weighted by Gasteiger charge is 2.17. The minimum Gasteiger partial charge on any atom is -0.457 e. The van der Waals surface area contributed by atoms with Crippen molar-refractivity contribution in [2.24, 2.45) is 0 Å². The zero-order valence-corrected chi connectivity index (χ0v) is 18.1. The zero-order valence-electron chi connectivity index (χ0n) is 17.3. The van der Waals surface area contributed by atoms with Crippen LogP contribution in [0.25, 0.3) is 0 Å². The summed E-state index contributed by atoms with van der Waals surface area (Å²) in [7, 11) is -0.493. The lowest BCUT2D eigenvalue weighted by molar-refractivity contribution is 0.0993. The number of sulfonamides is 1. The maximum absolute atomic E-state index is 12.8. The molecule has 0 aliphatic carbocycles. The van der Waals surface area contributed by atoms with Gasteiger partial charge in [0.25, 0.3) is 5.91 Å². The van der Waals surface area contributed by atoms with Gasteiger partial charge in [-0.15, -0.1) is 0 Å².